The van der Waals surface area contributed by atoms with Gasteiger partial charge in [-0.1, -0.05) is 12.5 Å². The Morgan fingerprint density at radius 3 is 2.84 bits per heavy atom. The third-order valence-electron chi connectivity index (χ3n) is 3.59. The first-order valence-corrected chi connectivity index (χ1v) is 6.84. The first-order valence-electron chi connectivity index (χ1n) is 6.84. The molecule has 1 aliphatic heterocycles. The number of carbonyl (C=O) groups excluding carboxylic acids is 1. The quantitative estimate of drug-likeness (QED) is 0.888. The van der Waals surface area contributed by atoms with Gasteiger partial charge >= 0.3 is 0 Å². The fourth-order valence-corrected chi connectivity index (χ4v) is 2.47. The smallest absolute Gasteiger partial charge is 0.137 e. The number of nitrogens with one attached hydrogen (secondary N) is 1. The zero-order chi connectivity index (χ0) is 13.7. The largest absolute Gasteiger partial charge is 0.314 e. The molecule has 1 atom stereocenters. The molecule has 0 saturated carbocycles. The van der Waals surface area contributed by atoms with Crippen LogP contribution in [-0.4, -0.2) is 18.4 Å². The molecule has 1 fully saturated rings. The van der Waals surface area contributed by atoms with Crippen molar-refractivity contribution in [1.29, 1.82) is 0 Å². The van der Waals surface area contributed by atoms with E-state index in [-0.39, 0.29) is 17.8 Å². The molecule has 0 bridgehead atoms. The summed E-state index contributed by atoms with van der Waals surface area (Å²) in [6.07, 6.45) is 4.83. The molecule has 0 radical (unpaired) electrons. The molecule has 1 aromatic carbocycles. The van der Waals surface area contributed by atoms with E-state index in [1.54, 1.807) is 0 Å². The summed E-state index contributed by atoms with van der Waals surface area (Å²) in [6.45, 7) is 1.02. The molecule has 1 saturated heterocycles. The second-order valence-corrected chi connectivity index (χ2v) is 5.14. The molecule has 1 heterocycles. The number of halogens is 2. The fraction of sp³-hybridized carbons (Fsp3) is 0.533. The van der Waals surface area contributed by atoms with E-state index in [2.05, 4.69) is 5.32 Å². The van der Waals surface area contributed by atoms with Crippen LogP contribution in [0.1, 0.15) is 37.7 Å². The number of hydrogen-bond acceptors (Lipinski definition) is 2. The van der Waals surface area contributed by atoms with Crippen molar-refractivity contribution in [1.82, 2.24) is 5.32 Å². The molecular formula is C15H19F2NO. The molecule has 19 heavy (non-hydrogen) atoms. The van der Waals surface area contributed by atoms with Gasteiger partial charge in [-0.25, -0.2) is 8.78 Å². The SMILES string of the molecule is O=C(CCC1CCCCN1)Cc1ccc(F)cc1F. The first kappa shape index (κ1) is 14.1. The Balaban J connectivity index is 1.80. The Kier molecular flexibility index (Phi) is 5.02. The van der Waals surface area contributed by atoms with Crippen LogP contribution in [0.15, 0.2) is 18.2 Å². The summed E-state index contributed by atoms with van der Waals surface area (Å²) in [6, 6.07) is 3.77. The van der Waals surface area contributed by atoms with Crippen molar-refractivity contribution in [3.63, 3.8) is 0 Å². The van der Waals surface area contributed by atoms with Gasteiger partial charge in [0.1, 0.15) is 17.4 Å². The Bertz CT molecular complexity index is 442. The third kappa shape index (κ3) is 4.39. The van der Waals surface area contributed by atoms with Crippen molar-refractivity contribution in [3.8, 4) is 0 Å². The lowest BCUT2D eigenvalue weighted by Crippen LogP contribution is -2.34. The maximum Gasteiger partial charge on any atom is 0.137 e. The number of hydrogen-bond donors (Lipinski definition) is 1. The average molecular weight is 267 g/mol. The van der Waals surface area contributed by atoms with Crippen molar-refractivity contribution in [3.05, 3.63) is 35.4 Å². The maximum absolute atomic E-state index is 13.4. The van der Waals surface area contributed by atoms with Crippen molar-refractivity contribution < 1.29 is 13.6 Å². The predicted octanol–water partition coefficient (Wildman–Crippen LogP) is 3.00. The normalized spacial score (nSPS) is 19.4. The van der Waals surface area contributed by atoms with Crippen LogP contribution < -0.4 is 5.32 Å². The van der Waals surface area contributed by atoms with Gasteiger partial charge in [-0.05, 0) is 37.4 Å². The lowest BCUT2D eigenvalue weighted by molar-refractivity contribution is -0.118. The summed E-state index contributed by atoms with van der Waals surface area (Å²) < 4.78 is 26.1. The number of Topliss-reactive ketones (excluding diaryl/α,β-unsaturated/α-hetero) is 1. The van der Waals surface area contributed by atoms with Gasteiger partial charge in [0.25, 0.3) is 0 Å². The van der Waals surface area contributed by atoms with E-state index in [9.17, 15) is 13.6 Å². The van der Waals surface area contributed by atoms with Gasteiger partial charge in [-0.15, -0.1) is 0 Å². The van der Waals surface area contributed by atoms with Gasteiger partial charge in [-0.3, -0.25) is 4.79 Å². The molecule has 1 unspecified atom stereocenters. The minimum atomic E-state index is -0.635. The molecule has 104 valence electrons. The summed E-state index contributed by atoms with van der Waals surface area (Å²) >= 11 is 0. The van der Waals surface area contributed by atoms with Gasteiger partial charge in [0.2, 0.25) is 0 Å². The minimum Gasteiger partial charge on any atom is -0.314 e. The zero-order valence-corrected chi connectivity index (χ0v) is 10.9. The highest BCUT2D eigenvalue weighted by Gasteiger charge is 2.15. The van der Waals surface area contributed by atoms with Gasteiger partial charge in [0.15, 0.2) is 0 Å². The highest BCUT2D eigenvalue weighted by atomic mass is 19.1. The maximum atomic E-state index is 13.4. The van der Waals surface area contributed by atoms with E-state index in [1.807, 2.05) is 0 Å². The third-order valence-corrected chi connectivity index (χ3v) is 3.59. The molecule has 1 N–H and O–H groups in total. The highest BCUT2D eigenvalue weighted by Crippen LogP contribution is 2.15. The van der Waals surface area contributed by atoms with E-state index in [1.165, 1.54) is 25.0 Å². The van der Waals surface area contributed by atoms with E-state index < -0.39 is 11.6 Å². The molecule has 2 nitrogen and oxygen atoms in total. The summed E-state index contributed by atoms with van der Waals surface area (Å²) in [4.78, 5) is 11.8. The van der Waals surface area contributed by atoms with Gasteiger partial charge in [0, 0.05) is 24.9 Å². The van der Waals surface area contributed by atoms with Crippen LogP contribution in [0, 0.1) is 11.6 Å². The predicted molar refractivity (Wildman–Crippen MR) is 69.9 cm³/mol. The number of rotatable bonds is 5. The van der Waals surface area contributed by atoms with Crippen LogP contribution in [0.5, 0.6) is 0 Å². The molecule has 0 spiro atoms. The van der Waals surface area contributed by atoms with Crippen molar-refractivity contribution in [2.75, 3.05) is 6.54 Å². The fourth-order valence-electron chi connectivity index (χ4n) is 2.47. The molecule has 4 heteroatoms. The Morgan fingerprint density at radius 2 is 2.16 bits per heavy atom. The Hall–Kier alpha value is -1.29. The standard InChI is InChI=1S/C15H19F2NO/c16-12-5-4-11(15(17)10-12)9-14(19)7-6-13-3-1-2-8-18-13/h4-5,10,13,18H,1-3,6-9H2. The summed E-state index contributed by atoms with van der Waals surface area (Å²) in [5.41, 5.74) is 0.281. The van der Waals surface area contributed by atoms with Gasteiger partial charge in [0.05, 0.1) is 0 Å². The zero-order valence-electron chi connectivity index (χ0n) is 10.9. The van der Waals surface area contributed by atoms with Crippen molar-refractivity contribution in [2.45, 2.75) is 44.6 Å². The second-order valence-electron chi connectivity index (χ2n) is 5.14. The molecular weight excluding hydrogens is 248 g/mol. The molecule has 0 amide bonds. The van der Waals surface area contributed by atoms with E-state index in [4.69, 9.17) is 0 Å². The van der Waals surface area contributed by atoms with E-state index in [0.29, 0.717) is 12.5 Å². The molecule has 1 aromatic rings. The first-order chi connectivity index (χ1) is 9.15. The van der Waals surface area contributed by atoms with Crippen molar-refractivity contribution in [2.24, 2.45) is 0 Å². The lowest BCUT2D eigenvalue weighted by atomic mass is 9.97. The second kappa shape index (κ2) is 6.75. The molecule has 1 aliphatic rings. The topological polar surface area (TPSA) is 29.1 Å². The summed E-state index contributed by atoms with van der Waals surface area (Å²) in [7, 11) is 0. The summed E-state index contributed by atoms with van der Waals surface area (Å²) in [5.74, 6) is -1.23. The summed E-state index contributed by atoms with van der Waals surface area (Å²) in [5, 5.41) is 3.38. The number of benzene rings is 1. The number of carbonyl (C=O) groups is 1. The van der Waals surface area contributed by atoms with Crippen molar-refractivity contribution >= 4 is 5.78 Å². The number of piperidine rings is 1. The van der Waals surface area contributed by atoms with Crippen LogP contribution in [0.3, 0.4) is 0 Å². The number of ketones is 1. The van der Waals surface area contributed by atoms with Crippen LogP contribution in [-0.2, 0) is 11.2 Å². The molecule has 0 aromatic heterocycles. The molecule has 0 aliphatic carbocycles. The Labute approximate surface area is 112 Å². The lowest BCUT2D eigenvalue weighted by Gasteiger charge is -2.22. The minimum absolute atomic E-state index is 0.0119. The highest BCUT2D eigenvalue weighted by molar-refractivity contribution is 5.80. The monoisotopic (exact) mass is 267 g/mol. The van der Waals surface area contributed by atoms with E-state index >= 15 is 0 Å². The van der Waals surface area contributed by atoms with Gasteiger partial charge < -0.3 is 5.32 Å². The van der Waals surface area contributed by atoms with Crippen LogP contribution >= 0.6 is 0 Å². The molecule has 2 rings (SSSR count). The van der Waals surface area contributed by atoms with E-state index in [0.717, 1.165) is 25.5 Å². The van der Waals surface area contributed by atoms with Gasteiger partial charge in [-0.2, -0.15) is 0 Å². The van der Waals surface area contributed by atoms with Crippen LogP contribution in [0.2, 0.25) is 0 Å². The average Bonchev–Trinajstić information content (AvgIpc) is 2.41. The van der Waals surface area contributed by atoms with Crippen LogP contribution in [0.25, 0.3) is 0 Å². The Morgan fingerprint density at radius 1 is 1.32 bits per heavy atom. The van der Waals surface area contributed by atoms with Crippen LogP contribution in [0.4, 0.5) is 8.78 Å².